The summed E-state index contributed by atoms with van der Waals surface area (Å²) in [5.74, 6) is -1.03. The summed E-state index contributed by atoms with van der Waals surface area (Å²) in [5, 5.41) is 11.9. The Balaban J connectivity index is 3.03. The molecule has 6 heteroatoms. The van der Waals surface area contributed by atoms with Crippen LogP contribution in [0.15, 0.2) is 18.2 Å². The molecule has 0 aliphatic rings. The number of amides is 1. The Morgan fingerprint density at radius 2 is 2.19 bits per heavy atom. The number of benzene rings is 1. The predicted octanol–water partition coefficient (Wildman–Crippen LogP) is 2.26. The average molecular weight is 262 g/mol. The summed E-state index contributed by atoms with van der Waals surface area (Å²) in [4.78, 5) is 21.0. The molecule has 0 unspecified atom stereocenters. The van der Waals surface area contributed by atoms with E-state index in [1.807, 2.05) is 0 Å². The van der Waals surface area contributed by atoms with Gasteiger partial charge in [-0.1, -0.05) is 23.2 Å². The molecule has 0 bridgehead atoms. The molecule has 0 fully saturated rings. The predicted molar refractivity (Wildman–Crippen MR) is 60.7 cm³/mol. The van der Waals surface area contributed by atoms with Crippen molar-refractivity contribution < 1.29 is 14.7 Å². The van der Waals surface area contributed by atoms with Gasteiger partial charge < -0.3 is 10.4 Å². The standard InChI is InChI=1S/C10H9Cl2NO3/c11-6-1-2-8(12)7(3-6)9(13-5-14)4-10(15)16/h1-3,5,9H,4H2,(H,13,14)(H,15,16)/t9-/m1/s1. The maximum absolute atomic E-state index is 10.6. The lowest BCUT2D eigenvalue weighted by Gasteiger charge is -2.15. The third-order valence-electron chi connectivity index (χ3n) is 1.98. The van der Waals surface area contributed by atoms with E-state index < -0.39 is 12.0 Å². The molecule has 1 aromatic rings. The van der Waals surface area contributed by atoms with Crippen molar-refractivity contribution in [2.24, 2.45) is 0 Å². The van der Waals surface area contributed by atoms with E-state index in [-0.39, 0.29) is 6.42 Å². The fourth-order valence-electron chi connectivity index (χ4n) is 1.30. The molecule has 0 aliphatic carbocycles. The van der Waals surface area contributed by atoms with E-state index in [1.165, 1.54) is 6.07 Å². The second-order valence-corrected chi connectivity index (χ2v) is 3.94. The minimum Gasteiger partial charge on any atom is -0.481 e. The molecular weight excluding hydrogens is 253 g/mol. The van der Waals surface area contributed by atoms with Crippen molar-refractivity contribution in [3.63, 3.8) is 0 Å². The maximum atomic E-state index is 10.6. The fraction of sp³-hybridized carbons (Fsp3) is 0.200. The topological polar surface area (TPSA) is 66.4 Å². The molecule has 2 N–H and O–H groups in total. The van der Waals surface area contributed by atoms with E-state index in [9.17, 15) is 9.59 Å². The lowest BCUT2D eigenvalue weighted by atomic mass is 10.0. The number of hydrogen-bond acceptors (Lipinski definition) is 2. The van der Waals surface area contributed by atoms with E-state index in [0.717, 1.165) is 0 Å². The number of hydrogen-bond donors (Lipinski definition) is 2. The zero-order valence-corrected chi connectivity index (χ0v) is 9.63. The SMILES string of the molecule is O=CN[C@H](CC(=O)O)c1cc(Cl)ccc1Cl. The average Bonchev–Trinajstić information content (AvgIpc) is 2.20. The van der Waals surface area contributed by atoms with Crippen LogP contribution in [0.5, 0.6) is 0 Å². The summed E-state index contributed by atoms with van der Waals surface area (Å²) >= 11 is 11.7. The second-order valence-electron chi connectivity index (χ2n) is 3.10. The van der Waals surface area contributed by atoms with Gasteiger partial charge in [0.25, 0.3) is 0 Å². The summed E-state index contributed by atoms with van der Waals surface area (Å²) in [6.45, 7) is 0. The van der Waals surface area contributed by atoms with Crippen LogP contribution in [-0.4, -0.2) is 17.5 Å². The Morgan fingerprint density at radius 1 is 1.50 bits per heavy atom. The minimum atomic E-state index is -1.03. The van der Waals surface area contributed by atoms with Crippen LogP contribution in [0.2, 0.25) is 10.0 Å². The maximum Gasteiger partial charge on any atom is 0.305 e. The summed E-state index contributed by atoms with van der Waals surface area (Å²) in [6, 6.07) is 4.00. The quantitative estimate of drug-likeness (QED) is 0.800. The summed E-state index contributed by atoms with van der Waals surface area (Å²) in [5.41, 5.74) is 0.490. The highest BCUT2D eigenvalue weighted by molar-refractivity contribution is 6.33. The number of aliphatic carboxylic acids is 1. The highest BCUT2D eigenvalue weighted by Crippen LogP contribution is 2.27. The van der Waals surface area contributed by atoms with Gasteiger partial charge >= 0.3 is 5.97 Å². The molecule has 0 heterocycles. The largest absolute Gasteiger partial charge is 0.481 e. The van der Waals surface area contributed by atoms with E-state index in [4.69, 9.17) is 28.3 Å². The molecule has 1 amide bonds. The zero-order chi connectivity index (χ0) is 12.1. The van der Waals surface area contributed by atoms with Crippen LogP contribution in [0.4, 0.5) is 0 Å². The van der Waals surface area contributed by atoms with E-state index >= 15 is 0 Å². The number of nitrogens with one attached hydrogen (secondary N) is 1. The van der Waals surface area contributed by atoms with Gasteiger partial charge in [0.1, 0.15) is 0 Å². The molecule has 0 radical (unpaired) electrons. The lowest BCUT2D eigenvalue weighted by Crippen LogP contribution is -2.22. The molecular formula is C10H9Cl2NO3. The van der Waals surface area contributed by atoms with Crippen LogP contribution in [0.1, 0.15) is 18.0 Å². The normalized spacial score (nSPS) is 11.9. The summed E-state index contributed by atoms with van der Waals surface area (Å²) in [7, 11) is 0. The van der Waals surface area contributed by atoms with Crippen molar-refractivity contribution >= 4 is 35.6 Å². The number of rotatable bonds is 5. The molecule has 0 saturated heterocycles. The Morgan fingerprint density at radius 3 is 2.75 bits per heavy atom. The first kappa shape index (κ1) is 12.8. The first-order valence-corrected chi connectivity index (χ1v) is 5.16. The van der Waals surface area contributed by atoms with Crippen LogP contribution < -0.4 is 5.32 Å². The molecule has 16 heavy (non-hydrogen) atoms. The molecule has 0 saturated carbocycles. The van der Waals surface area contributed by atoms with Crippen molar-refractivity contribution in [2.45, 2.75) is 12.5 Å². The van der Waals surface area contributed by atoms with Gasteiger partial charge in [0, 0.05) is 10.0 Å². The van der Waals surface area contributed by atoms with Crippen molar-refractivity contribution in [3.05, 3.63) is 33.8 Å². The van der Waals surface area contributed by atoms with Gasteiger partial charge in [-0.2, -0.15) is 0 Å². The molecule has 1 atom stereocenters. The van der Waals surface area contributed by atoms with Crippen molar-refractivity contribution in [1.29, 1.82) is 0 Å². The Labute approximate surface area is 102 Å². The molecule has 0 aliphatic heterocycles. The van der Waals surface area contributed by atoms with Crippen LogP contribution >= 0.6 is 23.2 Å². The molecule has 4 nitrogen and oxygen atoms in total. The van der Waals surface area contributed by atoms with Crippen molar-refractivity contribution in [2.75, 3.05) is 0 Å². The summed E-state index contributed by atoms with van der Waals surface area (Å²) < 4.78 is 0. The van der Waals surface area contributed by atoms with Crippen LogP contribution in [0.3, 0.4) is 0 Å². The van der Waals surface area contributed by atoms with Gasteiger partial charge in [-0.05, 0) is 23.8 Å². The van der Waals surface area contributed by atoms with Crippen molar-refractivity contribution in [3.8, 4) is 0 Å². The smallest absolute Gasteiger partial charge is 0.305 e. The first-order chi connectivity index (χ1) is 7.54. The minimum absolute atomic E-state index is 0.251. The van der Waals surface area contributed by atoms with Gasteiger partial charge in [0.05, 0.1) is 12.5 Å². The number of halogens is 2. The number of carbonyl (C=O) groups is 2. The first-order valence-electron chi connectivity index (χ1n) is 4.41. The van der Waals surface area contributed by atoms with Crippen LogP contribution in [-0.2, 0) is 9.59 Å². The van der Waals surface area contributed by atoms with Gasteiger partial charge in [-0.25, -0.2) is 0 Å². The van der Waals surface area contributed by atoms with E-state index in [2.05, 4.69) is 5.32 Å². The fourth-order valence-corrected chi connectivity index (χ4v) is 1.73. The van der Waals surface area contributed by atoms with Crippen molar-refractivity contribution in [1.82, 2.24) is 5.32 Å². The van der Waals surface area contributed by atoms with Gasteiger partial charge in [-0.15, -0.1) is 0 Å². The van der Waals surface area contributed by atoms with E-state index in [0.29, 0.717) is 22.0 Å². The van der Waals surface area contributed by atoms with Crippen LogP contribution in [0.25, 0.3) is 0 Å². The summed E-state index contributed by atoms with van der Waals surface area (Å²) in [6.07, 6.45) is 0.184. The molecule has 1 rings (SSSR count). The Bertz CT molecular complexity index is 409. The highest BCUT2D eigenvalue weighted by atomic mass is 35.5. The van der Waals surface area contributed by atoms with Gasteiger partial charge in [-0.3, -0.25) is 9.59 Å². The monoisotopic (exact) mass is 261 g/mol. The number of carboxylic acid groups (broad SMARTS) is 1. The lowest BCUT2D eigenvalue weighted by molar-refractivity contribution is -0.137. The number of carbonyl (C=O) groups excluding carboxylic acids is 1. The Kier molecular flexibility index (Phi) is 4.58. The van der Waals surface area contributed by atoms with Gasteiger partial charge in [0.2, 0.25) is 6.41 Å². The Hall–Kier alpha value is -1.26. The van der Waals surface area contributed by atoms with Crippen LogP contribution in [0, 0.1) is 0 Å². The number of carboxylic acids is 1. The third kappa shape index (κ3) is 3.40. The second kappa shape index (κ2) is 5.72. The molecule has 1 aromatic carbocycles. The highest BCUT2D eigenvalue weighted by Gasteiger charge is 2.17. The molecule has 0 aromatic heterocycles. The molecule has 86 valence electrons. The van der Waals surface area contributed by atoms with Gasteiger partial charge in [0.15, 0.2) is 0 Å². The molecule has 0 spiro atoms. The zero-order valence-electron chi connectivity index (χ0n) is 8.11. The third-order valence-corrected chi connectivity index (χ3v) is 2.56. The van der Waals surface area contributed by atoms with E-state index in [1.54, 1.807) is 12.1 Å².